The fourth-order valence-corrected chi connectivity index (χ4v) is 7.47. The second-order valence-electron chi connectivity index (χ2n) is 8.85. The van der Waals surface area contributed by atoms with Crippen molar-refractivity contribution < 1.29 is 17.7 Å². The van der Waals surface area contributed by atoms with Gasteiger partial charge in [-0.25, -0.2) is 4.39 Å². The van der Waals surface area contributed by atoms with Crippen molar-refractivity contribution in [2.24, 2.45) is 0 Å². The number of hydrogen-bond acceptors (Lipinski definition) is 3. The SMILES string of the molecule is CCCCCC[Si](OCC)(OCC)OCC.FC1CC=Cc2c1ccc1c2ccc2ccccc21. The first-order valence-electron chi connectivity index (χ1n) is 13.3. The van der Waals surface area contributed by atoms with Crippen molar-refractivity contribution in [3.63, 3.8) is 0 Å². The van der Waals surface area contributed by atoms with Gasteiger partial charge in [-0.15, -0.1) is 0 Å². The van der Waals surface area contributed by atoms with Gasteiger partial charge in [0, 0.05) is 32.3 Å². The third kappa shape index (κ3) is 7.01. The highest BCUT2D eigenvalue weighted by Crippen LogP contribution is 2.37. The van der Waals surface area contributed by atoms with Crippen LogP contribution in [0, 0.1) is 0 Å². The molecule has 0 aromatic heterocycles. The van der Waals surface area contributed by atoms with Gasteiger partial charge in [0.05, 0.1) is 0 Å². The van der Waals surface area contributed by atoms with Crippen LogP contribution in [0.3, 0.4) is 0 Å². The summed E-state index contributed by atoms with van der Waals surface area (Å²) in [5.41, 5.74) is 1.87. The Morgan fingerprint density at radius 2 is 1.46 bits per heavy atom. The number of unbranched alkanes of at least 4 members (excludes halogenated alkanes) is 3. The van der Waals surface area contributed by atoms with Crippen LogP contribution in [-0.2, 0) is 13.3 Å². The zero-order valence-corrected chi connectivity index (χ0v) is 22.8. The van der Waals surface area contributed by atoms with Crippen molar-refractivity contribution >= 4 is 36.4 Å². The molecule has 3 aromatic rings. The van der Waals surface area contributed by atoms with Crippen LogP contribution in [0.15, 0.2) is 54.6 Å². The lowest BCUT2D eigenvalue weighted by atomic mass is 9.89. The molecule has 35 heavy (non-hydrogen) atoms. The summed E-state index contributed by atoms with van der Waals surface area (Å²) in [6.45, 7) is 10.3. The highest BCUT2D eigenvalue weighted by Gasteiger charge is 2.39. The average molecular weight is 497 g/mol. The molecule has 0 fully saturated rings. The first-order chi connectivity index (χ1) is 17.1. The molecule has 0 saturated heterocycles. The van der Waals surface area contributed by atoms with Crippen LogP contribution in [0.5, 0.6) is 0 Å². The third-order valence-corrected chi connectivity index (χ3v) is 9.55. The summed E-state index contributed by atoms with van der Waals surface area (Å²) in [6.07, 6.45) is 8.56. The molecule has 4 rings (SSSR count). The molecule has 0 bridgehead atoms. The molecular formula is C30H41FO3Si. The Hall–Kier alpha value is -2.05. The summed E-state index contributed by atoms with van der Waals surface area (Å²) in [5.74, 6) is 0. The van der Waals surface area contributed by atoms with Crippen molar-refractivity contribution in [2.75, 3.05) is 19.8 Å². The number of fused-ring (bicyclic) bond motifs is 5. The van der Waals surface area contributed by atoms with Crippen LogP contribution in [0.2, 0.25) is 6.04 Å². The largest absolute Gasteiger partial charge is 0.500 e. The van der Waals surface area contributed by atoms with Crippen LogP contribution < -0.4 is 0 Å². The lowest BCUT2D eigenvalue weighted by Crippen LogP contribution is -2.45. The lowest BCUT2D eigenvalue weighted by molar-refractivity contribution is 0.0706. The van der Waals surface area contributed by atoms with Crippen molar-refractivity contribution in [3.8, 4) is 0 Å². The van der Waals surface area contributed by atoms with Gasteiger partial charge in [0.15, 0.2) is 0 Å². The number of allylic oxidation sites excluding steroid dienone is 1. The predicted molar refractivity (Wildman–Crippen MR) is 149 cm³/mol. The summed E-state index contributed by atoms with van der Waals surface area (Å²) in [7, 11) is -2.35. The zero-order chi connectivity index (χ0) is 25.1. The summed E-state index contributed by atoms with van der Waals surface area (Å²) in [6, 6.07) is 17.5. The number of alkyl halides is 1. The maximum absolute atomic E-state index is 14.0. The lowest BCUT2D eigenvalue weighted by Gasteiger charge is -2.28. The molecule has 0 spiro atoms. The Balaban J connectivity index is 0.000000200. The van der Waals surface area contributed by atoms with Gasteiger partial charge >= 0.3 is 8.80 Å². The minimum atomic E-state index is -2.35. The fourth-order valence-electron chi connectivity index (χ4n) is 4.79. The van der Waals surface area contributed by atoms with E-state index in [1.165, 1.54) is 35.4 Å². The molecule has 0 aliphatic heterocycles. The van der Waals surface area contributed by atoms with Crippen molar-refractivity contribution in [3.05, 3.63) is 65.7 Å². The van der Waals surface area contributed by atoms with Crippen LogP contribution in [0.1, 0.15) is 77.1 Å². The number of benzene rings is 3. The van der Waals surface area contributed by atoms with E-state index in [2.05, 4.69) is 49.4 Å². The van der Waals surface area contributed by atoms with E-state index in [0.29, 0.717) is 26.2 Å². The number of hydrogen-bond donors (Lipinski definition) is 0. The minimum absolute atomic E-state index is 0.492. The second kappa shape index (κ2) is 13.9. The summed E-state index contributed by atoms with van der Waals surface area (Å²) < 4.78 is 31.3. The zero-order valence-electron chi connectivity index (χ0n) is 21.8. The maximum Gasteiger partial charge on any atom is 0.500 e. The van der Waals surface area contributed by atoms with E-state index in [4.69, 9.17) is 13.3 Å². The molecule has 1 unspecified atom stereocenters. The molecule has 1 aliphatic rings. The highest BCUT2D eigenvalue weighted by molar-refractivity contribution is 6.60. The molecule has 190 valence electrons. The summed E-state index contributed by atoms with van der Waals surface area (Å²) in [4.78, 5) is 0. The Labute approximate surface area is 211 Å². The second-order valence-corrected chi connectivity index (χ2v) is 11.6. The van der Waals surface area contributed by atoms with Crippen molar-refractivity contribution in [2.45, 2.75) is 72.0 Å². The molecule has 0 amide bonds. The Morgan fingerprint density at radius 3 is 2.14 bits per heavy atom. The van der Waals surface area contributed by atoms with E-state index in [1.807, 2.05) is 39.0 Å². The van der Waals surface area contributed by atoms with Gasteiger partial charge in [0.25, 0.3) is 0 Å². The smallest absolute Gasteiger partial charge is 0.374 e. The van der Waals surface area contributed by atoms with Crippen LogP contribution in [-0.4, -0.2) is 28.6 Å². The maximum atomic E-state index is 14.0. The molecule has 3 aromatic carbocycles. The van der Waals surface area contributed by atoms with E-state index >= 15 is 0 Å². The standard InChI is InChI=1S/C18H13F.C12H28O3Si/c19-18-7-3-6-14-16-9-8-12-4-1-2-5-13(12)15(16)10-11-17(14)18;1-5-9-10-11-12-16(13-6-2,14-7-3)15-8-4/h1-6,8-11,18H,7H2;5-12H2,1-4H3. The molecular weight excluding hydrogens is 455 g/mol. The monoisotopic (exact) mass is 496 g/mol. The molecule has 0 heterocycles. The molecule has 0 N–H and O–H groups in total. The van der Waals surface area contributed by atoms with Crippen LogP contribution in [0.25, 0.3) is 27.6 Å². The van der Waals surface area contributed by atoms with E-state index < -0.39 is 15.0 Å². The van der Waals surface area contributed by atoms with Crippen molar-refractivity contribution in [1.82, 2.24) is 0 Å². The Kier molecular flexibility index (Phi) is 10.9. The van der Waals surface area contributed by atoms with E-state index in [0.717, 1.165) is 29.0 Å². The van der Waals surface area contributed by atoms with Gasteiger partial charge in [-0.1, -0.05) is 86.9 Å². The van der Waals surface area contributed by atoms with Gasteiger partial charge in [-0.3, -0.25) is 0 Å². The molecule has 0 saturated carbocycles. The molecule has 1 aliphatic carbocycles. The Morgan fingerprint density at radius 1 is 0.771 bits per heavy atom. The summed E-state index contributed by atoms with van der Waals surface area (Å²) in [5, 5.41) is 4.81. The van der Waals surface area contributed by atoms with Gasteiger partial charge in [0.1, 0.15) is 6.17 Å². The van der Waals surface area contributed by atoms with Crippen LogP contribution >= 0.6 is 0 Å². The Bertz CT molecular complexity index is 1080. The van der Waals surface area contributed by atoms with Gasteiger partial charge < -0.3 is 13.3 Å². The third-order valence-electron chi connectivity index (χ3n) is 6.40. The first kappa shape index (κ1) is 27.5. The van der Waals surface area contributed by atoms with E-state index in [9.17, 15) is 4.39 Å². The average Bonchev–Trinajstić information content (AvgIpc) is 2.87. The summed E-state index contributed by atoms with van der Waals surface area (Å²) >= 11 is 0. The van der Waals surface area contributed by atoms with Gasteiger partial charge in [-0.05, 0) is 59.9 Å². The first-order valence-corrected chi connectivity index (χ1v) is 15.2. The molecule has 1 atom stereocenters. The van der Waals surface area contributed by atoms with Crippen molar-refractivity contribution in [1.29, 1.82) is 0 Å². The molecule has 0 radical (unpaired) electrons. The molecule has 3 nitrogen and oxygen atoms in total. The topological polar surface area (TPSA) is 27.7 Å². The highest BCUT2D eigenvalue weighted by atomic mass is 28.4. The normalized spacial score (nSPS) is 15.2. The fraction of sp³-hybridized carbons (Fsp3) is 0.467. The van der Waals surface area contributed by atoms with Gasteiger partial charge in [-0.2, -0.15) is 0 Å². The van der Waals surface area contributed by atoms with Gasteiger partial charge in [0.2, 0.25) is 0 Å². The van der Waals surface area contributed by atoms with E-state index in [1.54, 1.807) is 0 Å². The van der Waals surface area contributed by atoms with Crippen LogP contribution in [0.4, 0.5) is 4.39 Å². The quantitative estimate of drug-likeness (QED) is 0.150. The molecule has 5 heteroatoms. The minimum Gasteiger partial charge on any atom is -0.374 e. The number of halogens is 1. The number of rotatable bonds is 11. The predicted octanol–water partition coefficient (Wildman–Crippen LogP) is 9.04. The van der Waals surface area contributed by atoms with E-state index in [-0.39, 0.29) is 0 Å².